The second-order valence-corrected chi connectivity index (χ2v) is 6.67. The SMILES string of the molecule is C/C(=N\NC(=O)Nc1ccccc1)c1cccc(/C(C)=N/NC(=O)Nc2ccccc2)n1. The van der Waals surface area contributed by atoms with E-state index in [4.69, 9.17) is 0 Å². The number of carbonyl (C=O) groups is 2. The summed E-state index contributed by atoms with van der Waals surface area (Å²) in [5, 5.41) is 13.5. The number of hydrogen-bond acceptors (Lipinski definition) is 5. The molecule has 0 bridgehead atoms. The first kappa shape index (κ1) is 22.2. The molecular formula is C23H23N7O2. The number of para-hydroxylation sites is 2. The monoisotopic (exact) mass is 429 g/mol. The molecule has 3 rings (SSSR count). The Morgan fingerprint density at radius 1 is 0.625 bits per heavy atom. The van der Waals surface area contributed by atoms with Crippen LogP contribution in [0.15, 0.2) is 89.1 Å². The first-order valence-electron chi connectivity index (χ1n) is 9.82. The summed E-state index contributed by atoms with van der Waals surface area (Å²) < 4.78 is 0. The zero-order valence-electron chi connectivity index (χ0n) is 17.7. The molecule has 0 aliphatic carbocycles. The van der Waals surface area contributed by atoms with E-state index in [9.17, 15) is 9.59 Å². The van der Waals surface area contributed by atoms with Crippen LogP contribution in [-0.4, -0.2) is 28.5 Å². The number of anilines is 2. The number of nitrogens with zero attached hydrogens (tertiary/aromatic N) is 3. The fourth-order valence-electron chi connectivity index (χ4n) is 2.58. The summed E-state index contributed by atoms with van der Waals surface area (Å²) in [7, 11) is 0. The Hall–Kier alpha value is -4.53. The normalized spacial score (nSPS) is 11.4. The van der Waals surface area contributed by atoms with Crippen molar-refractivity contribution in [2.24, 2.45) is 10.2 Å². The molecule has 3 aromatic rings. The quantitative estimate of drug-likeness (QED) is 0.348. The standard InChI is InChI=1S/C23H23N7O2/c1-16(27-29-22(31)24-18-10-5-3-6-11-18)20-14-9-15-21(26-20)17(2)28-30-23(32)25-19-12-7-4-8-13-19/h3-15H,1-2H3,(H2,24,29,31)(H2,25,30,32)/b27-16+,28-17+. The van der Waals surface area contributed by atoms with Crippen molar-refractivity contribution in [2.45, 2.75) is 13.8 Å². The predicted octanol–water partition coefficient (Wildman–Crippen LogP) is 4.17. The molecule has 0 fully saturated rings. The second kappa shape index (κ2) is 11.0. The number of pyridine rings is 1. The first-order chi connectivity index (χ1) is 15.5. The Kier molecular flexibility index (Phi) is 7.63. The Morgan fingerprint density at radius 2 is 1.03 bits per heavy atom. The van der Waals surface area contributed by atoms with Crippen LogP contribution in [0.2, 0.25) is 0 Å². The van der Waals surface area contributed by atoms with E-state index in [1.165, 1.54) is 0 Å². The highest BCUT2D eigenvalue weighted by atomic mass is 16.2. The largest absolute Gasteiger partial charge is 0.339 e. The van der Waals surface area contributed by atoms with Crippen LogP contribution < -0.4 is 21.5 Å². The maximum Gasteiger partial charge on any atom is 0.339 e. The first-order valence-corrected chi connectivity index (χ1v) is 9.82. The van der Waals surface area contributed by atoms with E-state index in [0.29, 0.717) is 34.2 Å². The van der Waals surface area contributed by atoms with Crippen molar-refractivity contribution in [1.82, 2.24) is 15.8 Å². The lowest BCUT2D eigenvalue weighted by atomic mass is 10.2. The van der Waals surface area contributed by atoms with E-state index < -0.39 is 12.1 Å². The zero-order valence-corrected chi connectivity index (χ0v) is 17.7. The minimum Gasteiger partial charge on any atom is -0.307 e. The fourth-order valence-corrected chi connectivity index (χ4v) is 2.58. The lowest BCUT2D eigenvalue weighted by molar-refractivity contribution is 0.251. The minimum absolute atomic E-state index is 0.460. The van der Waals surface area contributed by atoms with Gasteiger partial charge >= 0.3 is 12.1 Å². The minimum atomic E-state index is -0.460. The molecule has 9 heteroatoms. The summed E-state index contributed by atoms with van der Waals surface area (Å²) in [5.74, 6) is 0. The molecule has 9 nitrogen and oxygen atoms in total. The summed E-state index contributed by atoms with van der Waals surface area (Å²) >= 11 is 0. The summed E-state index contributed by atoms with van der Waals surface area (Å²) in [4.78, 5) is 28.5. The van der Waals surface area contributed by atoms with E-state index in [1.54, 1.807) is 56.3 Å². The van der Waals surface area contributed by atoms with Crippen LogP contribution in [0.4, 0.5) is 21.0 Å². The molecule has 2 aromatic carbocycles. The molecule has 32 heavy (non-hydrogen) atoms. The van der Waals surface area contributed by atoms with E-state index in [1.807, 2.05) is 36.4 Å². The summed E-state index contributed by atoms with van der Waals surface area (Å²) in [6, 6.07) is 22.5. The third-order valence-corrected chi connectivity index (χ3v) is 4.20. The molecule has 0 unspecified atom stereocenters. The van der Waals surface area contributed by atoms with E-state index in [-0.39, 0.29) is 0 Å². The number of rotatable bonds is 6. The van der Waals surface area contributed by atoms with Gasteiger partial charge in [-0.25, -0.2) is 25.4 Å². The van der Waals surface area contributed by atoms with E-state index in [2.05, 4.69) is 36.7 Å². The van der Waals surface area contributed by atoms with Gasteiger partial charge in [-0.05, 0) is 50.2 Å². The van der Waals surface area contributed by atoms with Crippen molar-refractivity contribution >= 4 is 34.9 Å². The topological polar surface area (TPSA) is 120 Å². The number of aromatic nitrogens is 1. The average Bonchev–Trinajstić information content (AvgIpc) is 2.82. The highest BCUT2D eigenvalue weighted by molar-refractivity contribution is 6.02. The van der Waals surface area contributed by atoms with Crippen LogP contribution in [0, 0.1) is 0 Å². The van der Waals surface area contributed by atoms with Crippen LogP contribution in [0.5, 0.6) is 0 Å². The maximum atomic E-state index is 12.0. The van der Waals surface area contributed by atoms with Crippen molar-refractivity contribution in [2.75, 3.05) is 10.6 Å². The average molecular weight is 429 g/mol. The van der Waals surface area contributed by atoms with Crippen LogP contribution >= 0.6 is 0 Å². The third kappa shape index (κ3) is 6.77. The van der Waals surface area contributed by atoms with Crippen molar-refractivity contribution in [3.8, 4) is 0 Å². The van der Waals surface area contributed by atoms with Gasteiger partial charge in [0.2, 0.25) is 0 Å². The number of nitrogens with one attached hydrogen (secondary N) is 4. The van der Waals surface area contributed by atoms with Gasteiger partial charge in [-0.2, -0.15) is 10.2 Å². The molecule has 0 saturated heterocycles. The molecule has 0 aliphatic rings. The molecule has 0 atom stereocenters. The highest BCUT2D eigenvalue weighted by Crippen LogP contribution is 2.06. The number of carbonyl (C=O) groups excluding carboxylic acids is 2. The van der Waals surface area contributed by atoms with Gasteiger partial charge in [-0.1, -0.05) is 42.5 Å². The highest BCUT2D eigenvalue weighted by Gasteiger charge is 2.07. The number of hydrazone groups is 2. The lowest BCUT2D eigenvalue weighted by Gasteiger charge is -2.07. The molecule has 162 valence electrons. The van der Waals surface area contributed by atoms with Crippen molar-refractivity contribution in [1.29, 1.82) is 0 Å². The fraction of sp³-hybridized carbons (Fsp3) is 0.0870. The van der Waals surface area contributed by atoms with Crippen molar-refractivity contribution < 1.29 is 9.59 Å². The van der Waals surface area contributed by atoms with Crippen LogP contribution in [0.3, 0.4) is 0 Å². The number of urea groups is 2. The van der Waals surface area contributed by atoms with Gasteiger partial charge in [-0.15, -0.1) is 0 Å². The predicted molar refractivity (Wildman–Crippen MR) is 126 cm³/mol. The van der Waals surface area contributed by atoms with Crippen LogP contribution in [0.1, 0.15) is 25.2 Å². The molecule has 4 amide bonds. The Balaban J connectivity index is 1.59. The smallest absolute Gasteiger partial charge is 0.307 e. The molecule has 4 N–H and O–H groups in total. The van der Waals surface area contributed by atoms with Crippen molar-refractivity contribution in [3.63, 3.8) is 0 Å². The molecule has 0 aliphatic heterocycles. The van der Waals surface area contributed by atoms with Gasteiger partial charge in [0.1, 0.15) is 0 Å². The molecule has 1 heterocycles. The molecular weight excluding hydrogens is 406 g/mol. The third-order valence-electron chi connectivity index (χ3n) is 4.20. The zero-order chi connectivity index (χ0) is 22.8. The van der Waals surface area contributed by atoms with Crippen LogP contribution in [0.25, 0.3) is 0 Å². The van der Waals surface area contributed by atoms with E-state index >= 15 is 0 Å². The van der Waals surface area contributed by atoms with Gasteiger partial charge in [0, 0.05) is 11.4 Å². The van der Waals surface area contributed by atoms with Gasteiger partial charge < -0.3 is 10.6 Å². The summed E-state index contributed by atoms with van der Waals surface area (Å²) in [5.41, 5.74) is 8.35. The van der Waals surface area contributed by atoms with Crippen LogP contribution in [-0.2, 0) is 0 Å². The van der Waals surface area contributed by atoms with Gasteiger partial charge in [0.15, 0.2) is 0 Å². The van der Waals surface area contributed by atoms with Gasteiger partial charge in [-0.3, -0.25) is 0 Å². The lowest BCUT2D eigenvalue weighted by Crippen LogP contribution is -2.26. The number of amides is 4. The van der Waals surface area contributed by atoms with E-state index in [0.717, 1.165) is 0 Å². The van der Waals surface area contributed by atoms with Gasteiger partial charge in [0.05, 0.1) is 22.8 Å². The Morgan fingerprint density at radius 3 is 1.44 bits per heavy atom. The summed E-state index contributed by atoms with van der Waals surface area (Å²) in [6.45, 7) is 3.46. The second-order valence-electron chi connectivity index (χ2n) is 6.67. The molecule has 0 saturated carbocycles. The van der Waals surface area contributed by atoms with Crippen molar-refractivity contribution in [3.05, 3.63) is 90.3 Å². The molecule has 0 radical (unpaired) electrons. The molecule has 1 aromatic heterocycles. The number of benzene rings is 2. The number of hydrogen-bond donors (Lipinski definition) is 4. The Bertz CT molecular complexity index is 1040. The summed E-state index contributed by atoms with van der Waals surface area (Å²) in [6.07, 6.45) is 0. The van der Waals surface area contributed by atoms with Gasteiger partial charge in [0.25, 0.3) is 0 Å². The Labute approximate surface area is 185 Å². The molecule has 0 spiro atoms. The maximum absolute atomic E-state index is 12.0.